The first-order valence-electron chi connectivity index (χ1n) is 7.40. The number of rotatable bonds is 6. The third-order valence-electron chi connectivity index (χ3n) is 3.29. The van der Waals surface area contributed by atoms with Gasteiger partial charge in [-0.3, -0.25) is 4.79 Å². The van der Waals surface area contributed by atoms with Gasteiger partial charge in [-0.05, 0) is 26.3 Å². The summed E-state index contributed by atoms with van der Waals surface area (Å²) in [4.78, 5) is 14.1. The molecule has 2 rings (SSSR count). The van der Waals surface area contributed by atoms with Gasteiger partial charge in [0.05, 0.1) is 18.8 Å². The minimum Gasteiger partial charge on any atom is -0.392 e. The van der Waals surface area contributed by atoms with Crippen molar-refractivity contribution in [2.45, 2.75) is 39.5 Å². The second-order valence-electron chi connectivity index (χ2n) is 5.69. The molecule has 0 radical (unpaired) electrons. The van der Waals surface area contributed by atoms with Gasteiger partial charge >= 0.3 is 0 Å². The highest BCUT2D eigenvalue weighted by Crippen LogP contribution is 2.08. The van der Waals surface area contributed by atoms with Gasteiger partial charge in [0.1, 0.15) is 0 Å². The first-order valence-corrected chi connectivity index (χ1v) is 7.40. The summed E-state index contributed by atoms with van der Waals surface area (Å²) in [6.07, 6.45) is 1.07. The molecule has 0 aliphatic heterocycles. The molecule has 22 heavy (non-hydrogen) atoms. The Kier molecular flexibility index (Phi) is 5.27. The van der Waals surface area contributed by atoms with Crippen molar-refractivity contribution in [3.05, 3.63) is 47.8 Å². The Labute approximate surface area is 130 Å². The number of aromatic nitrogens is 3. The van der Waals surface area contributed by atoms with Crippen LogP contribution in [-0.4, -0.2) is 49.6 Å². The highest BCUT2D eigenvalue weighted by Gasteiger charge is 2.22. The van der Waals surface area contributed by atoms with E-state index in [1.807, 2.05) is 44.2 Å². The average molecular weight is 302 g/mol. The van der Waals surface area contributed by atoms with Gasteiger partial charge in [-0.1, -0.05) is 35.5 Å². The van der Waals surface area contributed by atoms with Crippen LogP contribution in [0.3, 0.4) is 0 Å². The van der Waals surface area contributed by atoms with Crippen LogP contribution in [0.2, 0.25) is 0 Å². The number of carbonyl (C=O) groups is 1. The molecule has 1 amide bonds. The number of carbonyl (C=O) groups excluding carboxylic acids is 1. The first-order chi connectivity index (χ1) is 10.5. The molecule has 0 bridgehead atoms. The maximum absolute atomic E-state index is 12.5. The molecule has 0 aliphatic rings. The largest absolute Gasteiger partial charge is 0.392 e. The molecule has 1 aromatic carbocycles. The van der Waals surface area contributed by atoms with Crippen molar-refractivity contribution in [2.75, 3.05) is 6.54 Å². The maximum atomic E-state index is 12.5. The van der Waals surface area contributed by atoms with Crippen LogP contribution in [0, 0.1) is 0 Å². The predicted molar refractivity (Wildman–Crippen MR) is 83.4 cm³/mol. The monoisotopic (exact) mass is 302 g/mol. The summed E-state index contributed by atoms with van der Waals surface area (Å²) in [7, 11) is 0. The Morgan fingerprint density at radius 1 is 1.27 bits per heavy atom. The summed E-state index contributed by atoms with van der Waals surface area (Å²) in [5.74, 6) is -0.213. The Hall–Kier alpha value is -2.21. The standard InChI is InChI=1S/C16H22N4O2/c1-12(2)20(9-13(3)21)16(22)15-11-19(18-17-15)10-14-7-5-4-6-8-14/h4-8,11-13,21H,9-10H2,1-3H3. The molecule has 118 valence electrons. The number of nitrogens with zero attached hydrogens (tertiary/aromatic N) is 4. The van der Waals surface area contributed by atoms with Crippen LogP contribution in [0.5, 0.6) is 0 Å². The van der Waals surface area contributed by atoms with E-state index in [-0.39, 0.29) is 18.5 Å². The van der Waals surface area contributed by atoms with E-state index in [4.69, 9.17) is 0 Å². The third kappa shape index (κ3) is 4.14. The van der Waals surface area contributed by atoms with Crippen LogP contribution in [0.4, 0.5) is 0 Å². The lowest BCUT2D eigenvalue weighted by molar-refractivity contribution is 0.0573. The zero-order chi connectivity index (χ0) is 16.1. The SMILES string of the molecule is CC(O)CN(C(=O)c1cn(Cc2ccccc2)nn1)C(C)C. The molecular weight excluding hydrogens is 280 g/mol. The number of aliphatic hydroxyl groups excluding tert-OH is 1. The molecule has 1 atom stereocenters. The molecule has 6 nitrogen and oxygen atoms in total. The van der Waals surface area contributed by atoms with E-state index in [1.54, 1.807) is 22.7 Å². The van der Waals surface area contributed by atoms with E-state index in [0.29, 0.717) is 12.2 Å². The van der Waals surface area contributed by atoms with E-state index in [9.17, 15) is 9.90 Å². The molecule has 1 N–H and O–H groups in total. The second-order valence-corrected chi connectivity index (χ2v) is 5.69. The highest BCUT2D eigenvalue weighted by molar-refractivity contribution is 5.92. The number of aliphatic hydroxyl groups is 1. The third-order valence-corrected chi connectivity index (χ3v) is 3.29. The lowest BCUT2D eigenvalue weighted by atomic mass is 10.2. The van der Waals surface area contributed by atoms with Gasteiger partial charge in [0.25, 0.3) is 5.91 Å². The minimum absolute atomic E-state index is 0.0126. The van der Waals surface area contributed by atoms with Gasteiger partial charge in [-0.2, -0.15) is 0 Å². The second kappa shape index (κ2) is 7.17. The summed E-state index contributed by atoms with van der Waals surface area (Å²) in [5.41, 5.74) is 1.39. The molecule has 0 spiro atoms. The fraction of sp³-hybridized carbons (Fsp3) is 0.438. The van der Waals surface area contributed by atoms with Crippen LogP contribution in [0.1, 0.15) is 36.8 Å². The quantitative estimate of drug-likeness (QED) is 0.879. The zero-order valence-electron chi connectivity index (χ0n) is 13.2. The van der Waals surface area contributed by atoms with Crippen LogP contribution in [0.25, 0.3) is 0 Å². The number of hydrogen-bond donors (Lipinski definition) is 1. The van der Waals surface area contributed by atoms with Crippen molar-refractivity contribution in [1.82, 2.24) is 19.9 Å². The van der Waals surface area contributed by atoms with Crippen LogP contribution >= 0.6 is 0 Å². The summed E-state index contributed by atoms with van der Waals surface area (Å²) in [6.45, 7) is 6.33. The number of benzene rings is 1. The van der Waals surface area contributed by atoms with Gasteiger partial charge in [-0.15, -0.1) is 5.10 Å². The van der Waals surface area contributed by atoms with Crippen LogP contribution in [-0.2, 0) is 6.54 Å². The Morgan fingerprint density at radius 2 is 1.95 bits per heavy atom. The van der Waals surface area contributed by atoms with Crippen molar-refractivity contribution >= 4 is 5.91 Å². The molecule has 0 aliphatic carbocycles. The molecule has 0 fully saturated rings. The van der Waals surface area contributed by atoms with Crippen molar-refractivity contribution in [3.8, 4) is 0 Å². The molecule has 6 heteroatoms. The Morgan fingerprint density at radius 3 is 2.55 bits per heavy atom. The van der Waals surface area contributed by atoms with Crippen molar-refractivity contribution in [2.24, 2.45) is 0 Å². The van der Waals surface area contributed by atoms with Gasteiger partial charge < -0.3 is 10.0 Å². The fourth-order valence-electron chi connectivity index (χ4n) is 2.20. The fourth-order valence-corrected chi connectivity index (χ4v) is 2.20. The lowest BCUT2D eigenvalue weighted by Crippen LogP contribution is -2.41. The summed E-state index contributed by atoms with van der Waals surface area (Å²) >= 11 is 0. The zero-order valence-corrected chi connectivity index (χ0v) is 13.2. The molecular formula is C16H22N4O2. The topological polar surface area (TPSA) is 71.2 Å². The molecule has 0 saturated carbocycles. The summed E-state index contributed by atoms with van der Waals surface area (Å²) < 4.78 is 1.64. The average Bonchev–Trinajstić information content (AvgIpc) is 2.93. The molecule has 0 saturated heterocycles. The van der Waals surface area contributed by atoms with Crippen molar-refractivity contribution in [3.63, 3.8) is 0 Å². The highest BCUT2D eigenvalue weighted by atomic mass is 16.3. The smallest absolute Gasteiger partial charge is 0.276 e. The van der Waals surface area contributed by atoms with Crippen molar-refractivity contribution < 1.29 is 9.90 Å². The number of hydrogen-bond acceptors (Lipinski definition) is 4. The molecule has 1 unspecified atom stereocenters. The van der Waals surface area contributed by atoms with Gasteiger partial charge in [-0.25, -0.2) is 4.68 Å². The van der Waals surface area contributed by atoms with E-state index < -0.39 is 6.10 Å². The molecule has 1 heterocycles. The van der Waals surface area contributed by atoms with Gasteiger partial charge in [0.2, 0.25) is 0 Å². The predicted octanol–water partition coefficient (Wildman–Crippen LogP) is 1.56. The normalized spacial score (nSPS) is 12.4. The molecule has 2 aromatic rings. The lowest BCUT2D eigenvalue weighted by Gasteiger charge is -2.26. The summed E-state index contributed by atoms with van der Waals surface area (Å²) in [6, 6.07) is 9.86. The van der Waals surface area contributed by atoms with E-state index in [2.05, 4.69) is 10.3 Å². The van der Waals surface area contributed by atoms with E-state index in [1.165, 1.54) is 0 Å². The number of amides is 1. The Balaban J connectivity index is 2.10. The van der Waals surface area contributed by atoms with Crippen LogP contribution < -0.4 is 0 Å². The van der Waals surface area contributed by atoms with Crippen LogP contribution in [0.15, 0.2) is 36.5 Å². The molecule has 1 aromatic heterocycles. The Bertz CT molecular complexity index is 608. The maximum Gasteiger partial charge on any atom is 0.276 e. The summed E-state index contributed by atoms with van der Waals surface area (Å²) in [5, 5.41) is 17.5. The first kappa shape index (κ1) is 16.2. The van der Waals surface area contributed by atoms with E-state index in [0.717, 1.165) is 5.56 Å². The van der Waals surface area contributed by atoms with Crippen molar-refractivity contribution in [1.29, 1.82) is 0 Å². The van der Waals surface area contributed by atoms with Gasteiger partial charge in [0.15, 0.2) is 5.69 Å². The minimum atomic E-state index is -0.578. The van der Waals surface area contributed by atoms with E-state index >= 15 is 0 Å². The van der Waals surface area contributed by atoms with Gasteiger partial charge in [0, 0.05) is 12.6 Å².